The van der Waals surface area contributed by atoms with Crippen molar-refractivity contribution >= 4 is 12.0 Å². The van der Waals surface area contributed by atoms with Crippen molar-refractivity contribution in [3.63, 3.8) is 0 Å². The summed E-state index contributed by atoms with van der Waals surface area (Å²) in [5, 5.41) is 8.71. The van der Waals surface area contributed by atoms with Gasteiger partial charge in [-0.05, 0) is 24.7 Å². The number of aromatic carboxylic acids is 1. The molecule has 5 nitrogen and oxygen atoms in total. The molecule has 3 rings (SSSR count). The molecule has 0 aromatic carbocycles. The fourth-order valence-corrected chi connectivity index (χ4v) is 2.19. The third-order valence-corrected chi connectivity index (χ3v) is 3.38. The molecule has 2 heterocycles. The molecule has 2 fully saturated rings. The molecule has 0 bridgehead atoms. The van der Waals surface area contributed by atoms with Crippen LogP contribution in [0, 0.1) is 5.41 Å². The highest BCUT2D eigenvalue weighted by atomic mass is 16.4. The fourth-order valence-electron chi connectivity index (χ4n) is 2.19. The van der Waals surface area contributed by atoms with Crippen molar-refractivity contribution in [2.24, 2.45) is 5.41 Å². The molecule has 1 saturated carbocycles. The number of hydrogen-bond acceptors (Lipinski definition) is 4. The first-order valence-electron chi connectivity index (χ1n) is 5.12. The first-order valence-corrected chi connectivity index (χ1v) is 5.12. The molecule has 80 valence electrons. The van der Waals surface area contributed by atoms with E-state index < -0.39 is 5.97 Å². The highest BCUT2D eigenvalue weighted by Crippen LogP contribution is 2.53. The smallest absolute Gasteiger partial charge is 0.357 e. The Morgan fingerprint density at radius 2 is 2.33 bits per heavy atom. The Bertz CT molecular complexity index is 409. The molecule has 1 aliphatic carbocycles. The van der Waals surface area contributed by atoms with Gasteiger partial charge in [-0.2, -0.15) is 4.98 Å². The zero-order chi connectivity index (χ0) is 10.5. The Morgan fingerprint density at radius 3 is 2.87 bits per heavy atom. The number of carbonyl (C=O) groups is 1. The van der Waals surface area contributed by atoms with Crippen LogP contribution in [0.3, 0.4) is 0 Å². The van der Waals surface area contributed by atoms with Gasteiger partial charge >= 0.3 is 5.97 Å². The second-order valence-corrected chi connectivity index (χ2v) is 4.49. The van der Waals surface area contributed by atoms with Gasteiger partial charge in [-0.1, -0.05) is 0 Å². The van der Waals surface area contributed by atoms with Crippen LogP contribution in [0.25, 0.3) is 0 Å². The first-order chi connectivity index (χ1) is 7.19. The maximum absolute atomic E-state index is 10.6. The zero-order valence-corrected chi connectivity index (χ0v) is 8.27. The lowest BCUT2D eigenvalue weighted by Crippen LogP contribution is -2.20. The molecule has 15 heavy (non-hydrogen) atoms. The number of nitrogens with zero attached hydrogens (tertiary/aromatic N) is 2. The van der Waals surface area contributed by atoms with Crippen LogP contribution in [0.4, 0.5) is 6.01 Å². The molecule has 2 aliphatic rings. The summed E-state index contributed by atoms with van der Waals surface area (Å²) in [6.07, 6.45) is 4.96. The minimum absolute atomic E-state index is 0.0123. The van der Waals surface area contributed by atoms with E-state index in [0.29, 0.717) is 11.4 Å². The standard InChI is InChI=1S/C10H12N2O3/c13-8(14)7-5-15-9(11-7)12-4-3-10(6-12)1-2-10/h5H,1-4,6H2,(H,13,14). The van der Waals surface area contributed by atoms with E-state index in [9.17, 15) is 4.79 Å². The van der Waals surface area contributed by atoms with Crippen molar-refractivity contribution in [3.8, 4) is 0 Å². The Labute approximate surface area is 86.7 Å². The maximum atomic E-state index is 10.6. The van der Waals surface area contributed by atoms with Crippen molar-refractivity contribution < 1.29 is 14.3 Å². The minimum Gasteiger partial charge on any atom is -0.476 e. The van der Waals surface area contributed by atoms with Crippen LogP contribution in [0.2, 0.25) is 0 Å². The van der Waals surface area contributed by atoms with Gasteiger partial charge in [0.15, 0.2) is 5.69 Å². The van der Waals surface area contributed by atoms with Crippen LogP contribution in [0.1, 0.15) is 29.8 Å². The number of carboxylic acids is 1. The van der Waals surface area contributed by atoms with Gasteiger partial charge in [-0.15, -0.1) is 0 Å². The van der Waals surface area contributed by atoms with Crippen molar-refractivity contribution in [2.75, 3.05) is 18.0 Å². The van der Waals surface area contributed by atoms with E-state index in [2.05, 4.69) is 4.98 Å². The molecule has 0 atom stereocenters. The average Bonchev–Trinajstić information content (AvgIpc) is 2.67. The van der Waals surface area contributed by atoms with Crippen LogP contribution in [-0.2, 0) is 0 Å². The molecular formula is C10H12N2O3. The summed E-state index contributed by atoms with van der Waals surface area (Å²) in [6.45, 7) is 1.89. The number of aromatic nitrogens is 1. The first kappa shape index (κ1) is 8.76. The van der Waals surface area contributed by atoms with E-state index >= 15 is 0 Å². The SMILES string of the molecule is O=C(O)c1coc(N2CCC3(CC3)C2)n1. The summed E-state index contributed by atoms with van der Waals surface area (Å²) in [5.74, 6) is -1.04. The zero-order valence-electron chi connectivity index (χ0n) is 8.27. The van der Waals surface area contributed by atoms with Crippen molar-refractivity contribution in [3.05, 3.63) is 12.0 Å². The van der Waals surface area contributed by atoms with E-state index in [1.54, 1.807) is 0 Å². The number of oxazole rings is 1. The lowest BCUT2D eigenvalue weighted by atomic mass is 10.1. The van der Waals surface area contributed by atoms with Crippen LogP contribution in [0.5, 0.6) is 0 Å². The lowest BCUT2D eigenvalue weighted by Gasteiger charge is -2.12. The highest BCUT2D eigenvalue weighted by molar-refractivity contribution is 5.85. The summed E-state index contributed by atoms with van der Waals surface area (Å²) < 4.78 is 5.16. The Morgan fingerprint density at radius 1 is 1.53 bits per heavy atom. The van der Waals surface area contributed by atoms with Gasteiger partial charge in [-0.25, -0.2) is 4.79 Å². The van der Waals surface area contributed by atoms with E-state index in [4.69, 9.17) is 9.52 Å². The summed E-state index contributed by atoms with van der Waals surface area (Å²) in [6, 6.07) is 0.455. The number of rotatable bonds is 2. The molecule has 0 radical (unpaired) electrons. The second-order valence-electron chi connectivity index (χ2n) is 4.49. The summed E-state index contributed by atoms with van der Waals surface area (Å²) in [4.78, 5) is 16.6. The van der Waals surface area contributed by atoms with Crippen molar-refractivity contribution in [1.82, 2.24) is 4.98 Å². The summed E-state index contributed by atoms with van der Waals surface area (Å²) >= 11 is 0. The van der Waals surface area contributed by atoms with Crippen LogP contribution in [0.15, 0.2) is 10.7 Å². The predicted molar refractivity (Wildman–Crippen MR) is 52.0 cm³/mol. The molecule has 1 aromatic heterocycles. The van der Waals surface area contributed by atoms with Gasteiger partial charge in [0, 0.05) is 13.1 Å². The van der Waals surface area contributed by atoms with Crippen LogP contribution < -0.4 is 4.90 Å². The number of carboxylic acid groups (broad SMARTS) is 1. The van der Waals surface area contributed by atoms with Crippen LogP contribution in [-0.4, -0.2) is 29.1 Å². The average molecular weight is 208 g/mol. The molecule has 1 spiro atoms. The largest absolute Gasteiger partial charge is 0.476 e. The van der Waals surface area contributed by atoms with E-state index in [1.165, 1.54) is 25.5 Å². The van der Waals surface area contributed by atoms with Gasteiger partial charge in [0.05, 0.1) is 0 Å². The molecule has 1 aromatic rings. The van der Waals surface area contributed by atoms with Gasteiger partial charge in [0.1, 0.15) is 6.26 Å². The van der Waals surface area contributed by atoms with Gasteiger partial charge < -0.3 is 14.4 Å². The summed E-state index contributed by atoms with van der Waals surface area (Å²) in [7, 11) is 0. The monoisotopic (exact) mass is 208 g/mol. The minimum atomic E-state index is -1.04. The molecule has 0 unspecified atom stereocenters. The summed E-state index contributed by atoms with van der Waals surface area (Å²) in [5.41, 5.74) is 0.486. The number of hydrogen-bond donors (Lipinski definition) is 1. The van der Waals surface area contributed by atoms with Crippen molar-refractivity contribution in [2.45, 2.75) is 19.3 Å². The third-order valence-electron chi connectivity index (χ3n) is 3.38. The quantitative estimate of drug-likeness (QED) is 0.794. The highest BCUT2D eigenvalue weighted by Gasteiger charge is 2.48. The maximum Gasteiger partial charge on any atom is 0.357 e. The Hall–Kier alpha value is -1.52. The fraction of sp³-hybridized carbons (Fsp3) is 0.600. The molecule has 5 heteroatoms. The van der Waals surface area contributed by atoms with E-state index in [-0.39, 0.29) is 5.69 Å². The molecular weight excluding hydrogens is 196 g/mol. The van der Waals surface area contributed by atoms with Gasteiger partial charge in [0.25, 0.3) is 6.01 Å². The molecule has 0 amide bonds. The molecule has 1 aliphatic heterocycles. The Kier molecular flexibility index (Phi) is 1.60. The normalized spacial score (nSPS) is 22.3. The molecule has 1 N–H and O–H groups in total. The second kappa shape index (κ2) is 2.74. The van der Waals surface area contributed by atoms with E-state index in [0.717, 1.165) is 13.1 Å². The lowest BCUT2D eigenvalue weighted by molar-refractivity contribution is 0.0690. The van der Waals surface area contributed by atoms with Gasteiger partial charge in [-0.3, -0.25) is 0 Å². The van der Waals surface area contributed by atoms with Gasteiger partial charge in [0.2, 0.25) is 0 Å². The number of anilines is 1. The Balaban J connectivity index is 1.78. The van der Waals surface area contributed by atoms with Crippen molar-refractivity contribution in [1.29, 1.82) is 0 Å². The molecule has 1 saturated heterocycles. The van der Waals surface area contributed by atoms with Crippen LogP contribution >= 0.6 is 0 Å². The van der Waals surface area contributed by atoms with E-state index in [1.807, 2.05) is 4.90 Å². The third kappa shape index (κ3) is 1.38. The topological polar surface area (TPSA) is 66.6 Å². The predicted octanol–water partition coefficient (Wildman–Crippen LogP) is 1.36.